The molecule has 0 spiro atoms. The maximum absolute atomic E-state index is 12.7. The van der Waals surface area contributed by atoms with Gasteiger partial charge in [-0.15, -0.1) is 11.3 Å². The summed E-state index contributed by atoms with van der Waals surface area (Å²) in [6, 6.07) is 6.28. The number of hydrogen-bond donors (Lipinski definition) is 0. The molecule has 24 heavy (non-hydrogen) atoms. The van der Waals surface area contributed by atoms with E-state index in [9.17, 15) is 14.4 Å². The van der Waals surface area contributed by atoms with Gasteiger partial charge in [0.05, 0.1) is 18.8 Å². The summed E-state index contributed by atoms with van der Waals surface area (Å²) in [6.45, 7) is 3.61. The zero-order chi connectivity index (χ0) is 17.7. The summed E-state index contributed by atoms with van der Waals surface area (Å²) in [5.41, 5.74) is 0.419. The van der Waals surface area contributed by atoms with Gasteiger partial charge in [0, 0.05) is 21.5 Å². The van der Waals surface area contributed by atoms with Crippen molar-refractivity contribution in [3.63, 3.8) is 0 Å². The van der Waals surface area contributed by atoms with Gasteiger partial charge in [0.25, 0.3) is 0 Å². The zero-order valence-electron chi connectivity index (χ0n) is 13.1. The topological polar surface area (TPSA) is 69.7 Å². The van der Waals surface area contributed by atoms with Gasteiger partial charge in [-0.3, -0.25) is 4.79 Å². The molecule has 0 fully saturated rings. The molecular weight excluding hydrogens is 352 g/mol. The van der Waals surface area contributed by atoms with Crippen LogP contribution >= 0.6 is 22.9 Å². The first-order valence-corrected chi connectivity index (χ1v) is 8.51. The summed E-state index contributed by atoms with van der Waals surface area (Å²) in [7, 11) is 0. The number of benzene rings is 1. The fourth-order valence-corrected chi connectivity index (χ4v) is 3.09. The minimum absolute atomic E-state index is 0.0553. The minimum atomic E-state index is -0.723. The van der Waals surface area contributed by atoms with E-state index in [0.29, 0.717) is 10.6 Å². The quantitative estimate of drug-likeness (QED) is 0.571. The van der Waals surface area contributed by atoms with Crippen LogP contribution in [0.5, 0.6) is 0 Å². The summed E-state index contributed by atoms with van der Waals surface area (Å²) in [5, 5.41) is 1.96. The third kappa shape index (κ3) is 3.83. The molecule has 126 valence electrons. The average molecular weight is 367 g/mol. The van der Waals surface area contributed by atoms with Crippen molar-refractivity contribution in [3.8, 4) is 0 Å². The Kier molecular flexibility index (Phi) is 6.11. The summed E-state index contributed by atoms with van der Waals surface area (Å²) >= 11 is 6.80. The lowest BCUT2D eigenvalue weighted by molar-refractivity contribution is 0.0482. The Hall–Kier alpha value is -2.18. The maximum Gasteiger partial charge on any atom is 0.349 e. The molecule has 0 unspecified atom stereocenters. The largest absolute Gasteiger partial charge is 0.462 e. The van der Waals surface area contributed by atoms with Gasteiger partial charge in [0.2, 0.25) is 0 Å². The van der Waals surface area contributed by atoms with Crippen LogP contribution in [0, 0.1) is 0 Å². The molecule has 0 radical (unpaired) electrons. The number of halogens is 1. The van der Waals surface area contributed by atoms with Crippen LogP contribution in [0.25, 0.3) is 0 Å². The summed E-state index contributed by atoms with van der Waals surface area (Å²) < 4.78 is 9.93. The normalized spacial score (nSPS) is 10.3. The second-order valence-electron chi connectivity index (χ2n) is 4.63. The van der Waals surface area contributed by atoms with Crippen molar-refractivity contribution in [2.24, 2.45) is 0 Å². The molecule has 2 aromatic rings. The molecule has 0 amide bonds. The van der Waals surface area contributed by atoms with Crippen LogP contribution < -0.4 is 0 Å². The van der Waals surface area contributed by atoms with Crippen molar-refractivity contribution in [1.29, 1.82) is 0 Å². The lowest BCUT2D eigenvalue weighted by atomic mass is 10.0. The second kappa shape index (κ2) is 8.08. The molecule has 0 bridgehead atoms. The van der Waals surface area contributed by atoms with E-state index >= 15 is 0 Å². The highest BCUT2D eigenvalue weighted by molar-refractivity contribution is 7.12. The van der Waals surface area contributed by atoms with E-state index in [1.165, 1.54) is 5.38 Å². The Morgan fingerprint density at radius 3 is 2.17 bits per heavy atom. The Balaban J connectivity index is 2.49. The van der Waals surface area contributed by atoms with E-state index in [1.54, 1.807) is 38.1 Å². The van der Waals surface area contributed by atoms with Crippen molar-refractivity contribution in [1.82, 2.24) is 0 Å². The molecule has 0 atom stereocenters. The van der Waals surface area contributed by atoms with Crippen LogP contribution in [0.3, 0.4) is 0 Å². The Labute approximate surface area is 148 Å². The summed E-state index contributed by atoms with van der Waals surface area (Å²) in [6.07, 6.45) is 0. The average Bonchev–Trinajstić information content (AvgIpc) is 3.00. The highest BCUT2D eigenvalue weighted by Gasteiger charge is 2.29. The van der Waals surface area contributed by atoms with Crippen molar-refractivity contribution in [3.05, 3.63) is 56.2 Å². The van der Waals surface area contributed by atoms with Gasteiger partial charge in [0.15, 0.2) is 5.78 Å². The number of ether oxygens (including phenoxy) is 2. The first kappa shape index (κ1) is 18.2. The van der Waals surface area contributed by atoms with Crippen molar-refractivity contribution < 1.29 is 23.9 Å². The number of ketones is 1. The minimum Gasteiger partial charge on any atom is -0.462 e. The standard InChI is InChI=1S/C17H15ClO5S/c1-3-22-16(20)13-12(9-24-15(13)17(21)23-4-2)14(19)10-5-7-11(18)8-6-10/h5-9H,3-4H2,1-2H3. The fourth-order valence-electron chi connectivity index (χ4n) is 2.03. The van der Waals surface area contributed by atoms with Crippen LogP contribution in [0.1, 0.15) is 49.8 Å². The molecule has 1 aromatic heterocycles. The summed E-state index contributed by atoms with van der Waals surface area (Å²) in [5.74, 6) is -1.76. The molecule has 1 aromatic carbocycles. The maximum atomic E-state index is 12.7. The van der Waals surface area contributed by atoms with Crippen LogP contribution in [-0.2, 0) is 9.47 Å². The summed E-state index contributed by atoms with van der Waals surface area (Å²) in [4.78, 5) is 37.0. The number of thiophene rings is 1. The second-order valence-corrected chi connectivity index (χ2v) is 5.95. The zero-order valence-corrected chi connectivity index (χ0v) is 14.7. The molecule has 5 nitrogen and oxygen atoms in total. The Bertz CT molecular complexity index is 764. The number of carbonyl (C=O) groups excluding carboxylic acids is 3. The fraction of sp³-hybridized carbons (Fsp3) is 0.235. The molecule has 2 rings (SSSR count). The predicted octanol–water partition coefficient (Wildman–Crippen LogP) is 3.99. The predicted molar refractivity (Wildman–Crippen MR) is 91.1 cm³/mol. The molecule has 1 heterocycles. The van der Waals surface area contributed by atoms with E-state index in [4.69, 9.17) is 21.1 Å². The van der Waals surface area contributed by atoms with Crippen molar-refractivity contribution in [2.75, 3.05) is 13.2 Å². The lowest BCUT2D eigenvalue weighted by Crippen LogP contribution is -2.15. The first-order valence-electron chi connectivity index (χ1n) is 7.25. The van der Waals surface area contributed by atoms with Gasteiger partial charge in [-0.25, -0.2) is 9.59 Å². The van der Waals surface area contributed by atoms with Gasteiger partial charge in [-0.2, -0.15) is 0 Å². The third-order valence-corrected chi connectivity index (χ3v) is 4.29. The number of esters is 2. The molecule has 0 saturated carbocycles. The highest BCUT2D eigenvalue weighted by atomic mass is 35.5. The molecule has 0 aliphatic heterocycles. The van der Waals surface area contributed by atoms with Gasteiger partial charge >= 0.3 is 11.9 Å². The molecule has 0 aliphatic rings. The van der Waals surface area contributed by atoms with E-state index in [0.717, 1.165) is 11.3 Å². The van der Waals surface area contributed by atoms with Gasteiger partial charge in [-0.1, -0.05) is 11.6 Å². The smallest absolute Gasteiger partial charge is 0.349 e. The van der Waals surface area contributed by atoms with Gasteiger partial charge in [0.1, 0.15) is 4.88 Å². The SMILES string of the molecule is CCOC(=O)c1scc(C(=O)c2ccc(Cl)cc2)c1C(=O)OCC. The highest BCUT2D eigenvalue weighted by Crippen LogP contribution is 2.27. The van der Waals surface area contributed by atoms with Crippen LogP contribution in [-0.4, -0.2) is 30.9 Å². The van der Waals surface area contributed by atoms with E-state index in [-0.39, 0.29) is 35.0 Å². The van der Waals surface area contributed by atoms with E-state index < -0.39 is 11.9 Å². The van der Waals surface area contributed by atoms with Crippen LogP contribution in [0.2, 0.25) is 5.02 Å². The monoisotopic (exact) mass is 366 g/mol. The Morgan fingerprint density at radius 2 is 1.58 bits per heavy atom. The van der Waals surface area contributed by atoms with E-state index in [1.807, 2.05) is 0 Å². The number of rotatable bonds is 6. The number of hydrogen-bond acceptors (Lipinski definition) is 6. The molecule has 0 saturated heterocycles. The number of carbonyl (C=O) groups is 3. The first-order chi connectivity index (χ1) is 11.5. The van der Waals surface area contributed by atoms with Crippen LogP contribution in [0.4, 0.5) is 0 Å². The van der Waals surface area contributed by atoms with Gasteiger partial charge in [-0.05, 0) is 38.1 Å². The lowest BCUT2D eigenvalue weighted by Gasteiger charge is -2.07. The van der Waals surface area contributed by atoms with E-state index in [2.05, 4.69) is 0 Å². The molecule has 0 aliphatic carbocycles. The molecular formula is C17H15ClO5S. The van der Waals surface area contributed by atoms with Gasteiger partial charge < -0.3 is 9.47 Å². The third-order valence-electron chi connectivity index (χ3n) is 3.08. The van der Waals surface area contributed by atoms with Crippen molar-refractivity contribution >= 4 is 40.7 Å². The molecule has 0 N–H and O–H groups in total. The molecule has 7 heteroatoms. The Morgan fingerprint density at radius 1 is 1.00 bits per heavy atom. The van der Waals surface area contributed by atoms with Crippen LogP contribution in [0.15, 0.2) is 29.6 Å². The van der Waals surface area contributed by atoms with Crippen molar-refractivity contribution in [2.45, 2.75) is 13.8 Å².